The highest BCUT2D eigenvalue weighted by molar-refractivity contribution is 8.01. The van der Waals surface area contributed by atoms with Crippen LogP contribution in [0.25, 0.3) is 0 Å². The standard InChI is InChI=1S/C19H19FN4O2S3/c1-12(25)21-9-8-15-6-7-17(28-15)16(26)11-27-19-24-23-18(29-19)22-10-13-2-4-14(20)5-3-13/h2-7H,8-11H2,1H3,(H,21,25)(H,22,23). The largest absolute Gasteiger partial charge is 0.356 e. The first-order valence-corrected chi connectivity index (χ1v) is 11.4. The Hall–Kier alpha value is -2.30. The molecule has 10 heteroatoms. The van der Waals surface area contributed by atoms with E-state index in [0.717, 1.165) is 10.4 Å². The van der Waals surface area contributed by atoms with E-state index in [9.17, 15) is 14.0 Å². The van der Waals surface area contributed by atoms with Gasteiger partial charge in [0.1, 0.15) is 5.82 Å². The van der Waals surface area contributed by atoms with Crippen molar-refractivity contribution >= 4 is 51.3 Å². The van der Waals surface area contributed by atoms with E-state index in [0.29, 0.717) is 33.9 Å². The van der Waals surface area contributed by atoms with E-state index >= 15 is 0 Å². The van der Waals surface area contributed by atoms with Gasteiger partial charge in [-0.3, -0.25) is 9.59 Å². The fourth-order valence-corrected chi connectivity index (χ4v) is 5.01. The molecule has 0 saturated carbocycles. The van der Waals surface area contributed by atoms with Crippen LogP contribution in [0.4, 0.5) is 9.52 Å². The summed E-state index contributed by atoms with van der Waals surface area (Å²) >= 11 is 4.19. The molecule has 2 N–H and O–H groups in total. The first kappa shape index (κ1) is 21.4. The van der Waals surface area contributed by atoms with Crippen LogP contribution in [-0.2, 0) is 17.8 Å². The van der Waals surface area contributed by atoms with Gasteiger partial charge in [0.2, 0.25) is 11.0 Å². The highest BCUT2D eigenvalue weighted by Gasteiger charge is 2.12. The van der Waals surface area contributed by atoms with Crippen molar-refractivity contribution in [2.45, 2.75) is 24.2 Å². The number of halogens is 1. The number of nitrogens with zero attached hydrogens (tertiary/aromatic N) is 2. The smallest absolute Gasteiger partial charge is 0.216 e. The number of thiophene rings is 1. The fraction of sp³-hybridized carbons (Fsp3) is 0.263. The molecule has 3 rings (SSSR count). The normalized spacial score (nSPS) is 10.7. The van der Waals surface area contributed by atoms with Gasteiger partial charge in [0.15, 0.2) is 10.1 Å². The number of benzene rings is 1. The van der Waals surface area contributed by atoms with Gasteiger partial charge in [0.05, 0.1) is 10.6 Å². The highest BCUT2D eigenvalue weighted by Crippen LogP contribution is 2.27. The van der Waals surface area contributed by atoms with Crippen LogP contribution in [0.5, 0.6) is 0 Å². The number of nitrogens with one attached hydrogen (secondary N) is 2. The molecule has 0 radical (unpaired) electrons. The van der Waals surface area contributed by atoms with Gasteiger partial charge in [-0.15, -0.1) is 21.5 Å². The van der Waals surface area contributed by atoms with E-state index < -0.39 is 0 Å². The lowest BCUT2D eigenvalue weighted by atomic mass is 10.2. The topological polar surface area (TPSA) is 84.0 Å². The van der Waals surface area contributed by atoms with E-state index in [1.165, 1.54) is 53.5 Å². The van der Waals surface area contributed by atoms with Crippen LogP contribution < -0.4 is 10.6 Å². The van der Waals surface area contributed by atoms with Crippen molar-refractivity contribution in [3.63, 3.8) is 0 Å². The average molecular weight is 451 g/mol. The lowest BCUT2D eigenvalue weighted by Gasteiger charge is -2.01. The van der Waals surface area contributed by atoms with Crippen molar-refractivity contribution in [2.75, 3.05) is 17.6 Å². The maximum Gasteiger partial charge on any atom is 0.216 e. The number of carbonyl (C=O) groups excluding carboxylic acids is 2. The van der Waals surface area contributed by atoms with Gasteiger partial charge in [-0.05, 0) is 36.2 Å². The number of aromatic nitrogens is 2. The number of hydrogen-bond donors (Lipinski definition) is 2. The van der Waals surface area contributed by atoms with Crippen LogP contribution in [0.3, 0.4) is 0 Å². The van der Waals surface area contributed by atoms with E-state index in [1.54, 1.807) is 12.1 Å². The number of carbonyl (C=O) groups is 2. The number of rotatable bonds is 10. The molecule has 29 heavy (non-hydrogen) atoms. The first-order valence-electron chi connectivity index (χ1n) is 8.80. The SMILES string of the molecule is CC(=O)NCCc1ccc(C(=O)CSc2nnc(NCc3ccc(F)cc3)s2)s1. The zero-order chi connectivity index (χ0) is 20.6. The van der Waals surface area contributed by atoms with E-state index in [2.05, 4.69) is 20.8 Å². The summed E-state index contributed by atoms with van der Waals surface area (Å²) in [5.74, 6) is 0.0105. The number of amides is 1. The summed E-state index contributed by atoms with van der Waals surface area (Å²) < 4.78 is 13.6. The molecular formula is C19H19FN4O2S3. The van der Waals surface area contributed by atoms with Crippen molar-refractivity contribution in [2.24, 2.45) is 0 Å². The maximum absolute atomic E-state index is 12.9. The molecule has 3 aromatic rings. The zero-order valence-electron chi connectivity index (χ0n) is 15.6. The molecule has 0 spiro atoms. The van der Waals surface area contributed by atoms with Gasteiger partial charge >= 0.3 is 0 Å². The monoisotopic (exact) mass is 450 g/mol. The Morgan fingerprint density at radius 3 is 2.66 bits per heavy atom. The van der Waals surface area contributed by atoms with Crippen molar-refractivity contribution in [3.05, 3.63) is 57.5 Å². The minimum Gasteiger partial charge on any atom is -0.356 e. The number of hydrogen-bond acceptors (Lipinski definition) is 8. The molecule has 6 nitrogen and oxygen atoms in total. The quantitative estimate of drug-likeness (QED) is 0.359. The predicted octanol–water partition coefficient (Wildman–Crippen LogP) is 4.00. The Bertz CT molecular complexity index is 972. The van der Waals surface area contributed by atoms with Crippen molar-refractivity contribution in [1.82, 2.24) is 15.5 Å². The number of ketones is 1. The summed E-state index contributed by atoms with van der Waals surface area (Å²) in [7, 11) is 0. The highest BCUT2D eigenvalue weighted by atomic mass is 32.2. The molecular weight excluding hydrogens is 431 g/mol. The Labute approximate surface area is 180 Å². The lowest BCUT2D eigenvalue weighted by molar-refractivity contribution is -0.118. The summed E-state index contributed by atoms with van der Waals surface area (Å²) in [6.07, 6.45) is 0.712. The molecule has 0 unspecified atom stereocenters. The van der Waals surface area contributed by atoms with E-state index in [4.69, 9.17) is 0 Å². The third-order valence-electron chi connectivity index (χ3n) is 3.77. The molecule has 152 valence electrons. The van der Waals surface area contributed by atoms with Gasteiger partial charge in [0, 0.05) is 24.9 Å². The average Bonchev–Trinajstić information content (AvgIpc) is 3.35. The molecule has 1 amide bonds. The van der Waals surface area contributed by atoms with Gasteiger partial charge in [-0.2, -0.15) is 0 Å². The van der Waals surface area contributed by atoms with Crippen LogP contribution in [0.1, 0.15) is 27.0 Å². The molecule has 0 atom stereocenters. The summed E-state index contributed by atoms with van der Waals surface area (Å²) in [6.45, 7) is 2.57. The van der Waals surface area contributed by atoms with Gasteiger partial charge in [0.25, 0.3) is 0 Å². The Balaban J connectivity index is 1.44. The van der Waals surface area contributed by atoms with Crippen LogP contribution in [0.2, 0.25) is 0 Å². The number of anilines is 1. The van der Waals surface area contributed by atoms with Crippen LogP contribution in [-0.4, -0.2) is 34.2 Å². The summed E-state index contributed by atoms with van der Waals surface area (Å²) in [4.78, 5) is 25.1. The van der Waals surface area contributed by atoms with Gasteiger partial charge in [-0.25, -0.2) is 4.39 Å². The molecule has 0 bridgehead atoms. The number of thioether (sulfide) groups is 1. The third-order valence-corrected chi connectivity index (χ3v) is 6.97. The second-order valence-corrected chi connectivity index (χ2v) is 9.43. The maximum atomic E-state index is 12.9. The van der Waals surface area contributed by atoms with E-state index in [-0.39, 0.29) is 23.3 Å². The second kappa shape index (κ2) is 10.5. The Kier molecular flexibility index (Phi) is 7.73. The number of Topliss-reactive ketones (excluding diaryl/α,β-unsaturated/α-hetero) is 1. The zero-order valence-corrected chi connectivity index (χ0v) is 18.1. The first-order chi connectivity index (χ1) is 14.0. The molecule has 2 aromatic heterocycles. The summed E-state index contributed by atoms with van der Waals surface area (Å²) in [6, 6.07) is 10.0. The molecule has 0 aliphatic rings. The summed E-state index contributed by atoms with van der Waals surface area (Å²) in [5, 5.41) is 14.7. The van der Waals surface area contributed by atoms with Crippen LogP contribution in [0, 0.1) is 5.82 Å². The van der Waals surface area contributed by atoms with Gasteiger partial charge in [-0.1, -0.05) is 35.2 Å². The molecule has 0 aliphatic carbocycles. The van der Waals surface area contributed by atoms with Crippen LogP contribution >= 0.6 is 34.4 Å². The minimum absolute atomic E-state index is 0.0433. The fourth-order valence-electron chi connectivity index (χ4n) is 2.34. The molecule has 2 heterocycles. The minimum atomic E-state index is -0.265. The summed E-state index contributed by atoms with van der Waals surface area (Å²) in [5.41, 5.74) is 0.943. The van der Waals surface area contributed by atoms with Crippen molar-refractivity contribution in [1.29, 1.82) is 0 Å². The second-order valence-electron chi connectivity index (χ2n) is 6.06. The molecule has 0 saturated heterocycles. The predicted molar refractivity (Wildman–Crippen MR) is 115 cm³/mol. The Morgan fingerprint density at radius 2 is 1.90 bits per heavy atom. The van der Waals surface area contributed by atoms with Crippen LogP contribution in [0.15, 0.2) is 40.7 Å². The van der Waals surface area contributed by atoms with Crippen molar-refractivity contribution < 1.29 is 14.0 Å². The van der Waals surface area contributed by atoms with Gasteiger partial charge < -0.3 is 10.6 Å². The van der Waals surface area contributed by atoms with E-state index in [1.807, 2.05) is 12.1 Å². The molecule has 1 aromatic carbocycles. The molecule has 0 fully saturated rings. The third kappa shape index (κ3) is 6.91. The lowest BCUT2D eigenvalue weighted by Crippen LogP contribution is -2.22. The van der Waals surface area contributed by atoms with Crippen molar-refractivity contribution in [3.8, 4) is 0 Å². The Morgan fingerprint density at radius 1 is 1.10 bits per heavy atom. The molecule has 0 aliphatic heterocycles.